The molecule has 2 amide bonds. The number of rotatable bonds is 2. The number of halogens is 1. The molecule has 23 heavy (non-hydrogen) atoms. The number of hydrogen-bond acceptors (Lipinski definition) is 3. The Morgan fingerprint density at radius 1 is 1.22 bits per heavy atom. The number of hydrogen-bond donors (Lipinski definition) is 2. The van der Waals surface area contributed by atoms with Crippen molar-refractivity contribution in [3.05, 3.63) is 53.8 Å². The van der Waals surface area contributed by atoms with E-state index in [1.807, 2.05) is 13.0 Å². The van der Waals surface area contributed by atoms with Crippen LogP contribution < -0.4 is 15.4 Å². The van der Waals surface area contributed by atoms with Gasteiger partial charge in [0.1, 0.15) is 11.6 Å². The molecule has 0 radical (unpaired) electrons. The van der Waals surface area contributed by atoms with Crippen molar-refractivity contribution in [1.82, 2.24) is 0 Å². The molecular formula is C17H15FN2O3. The van der Waals surface area contributed by atoms with E-state index in [-0.39, 0.29) is 0 Å². The normalized spacial score (nSPS) is 19.3. The maximum atomic E-state index is 12.9. The van der Waals surface area contributed by atoms with Crippen molar-refractivity contribution in [1.29, 1.82) is 0 Å². The number of fused-ring (bicyclic) bond motifs is 1. The summed E-state index contributed by atoms with van der Waals surface area (Å²) in [4.78, 5) is 24.8. The first-order valence-electron chi connectivity index (χ1n) is 7.06. The molecule has 2 N–H and O–H groups in total. The molecule has 2 aromatic rings. The summed E-state index contributed by atoms with van der Waals surface area (Å²) in [6, 6.07) is 10.6. The largest absolute Gasteiger partial charge is 0.466 e. The number of ether oxygens (including phenoxy) is 1. The van der Waals surface area contributed by atoms with E-state index in [1.165, 1.54) is 31.2 Å². The minimum Gasteiger partial charge on any atom is -0.466 e. The smallest absolute Gasteiger partial charge is 0.278 e. The third-order valence-corrected chi connectivity index (χ3v) is 3.67. The van der Waals surface area contributed by atoms with Crippen molar-refractivity contribution >= 4 is 23.2 Å². The fourth-order valence-corrected chi connectivity index (χ4v) is 2.27. The Hall–Kier alpha value is -2.89. The van der Waals surface area contributed by atoms with E-state index >= 15 is 0 Å². The van der Waals surface area contributed by atoms with E-state index < -0.39 is 23.2 Å². The van der Waals surface area contributed by atoms with Gasteiger partial charge in [0.05, 0.1) is 5.69 Å². The van der Waals surface area contributed by atoms with E-state index in [4.69, 9.17) is 4.74 Å². The number of anilines is 2. The van der Waals surface area contributed by atoms with Crippen LogP contribution in [0.1, 0.15) is 12.5 Å². The molecule has 0 aliphatic carbocycles. The highest BCUT2D eigenvalue weighted by molar-refractivity contribution is 6.19. The average Bonchev–Trinajstić information content (AvgIpc) is 2.51. The summed E-state index contributed by atoms with van der Waals surface area (Å²) in [6.07, 6.45) is 0. The molecule has 0 bridgehead atoms. The van der Waals surface area contributed by atoms with Crippen LogP contribution in [0.15, 0.2) is 42.5 Å². The lowest BCUT2D eigenvalue weighted by Gasteiger charge is -2.33. The van der Waals surface area contributed by atoms with Crippen molar-refractivity contribution in [3.63, 3.8) is 0 Å². The highest BCUT2D eigenvalue weighted by Crippen LogP contribution is 2.34. The van der Waals surface area contributed by atoms with Crippen molar-refractivity contribution < 1.29 is 18.7 Å². The Balaban J connectivity index is 1.85. The second kappa shape index (κ2) is 5.39. The first-order chi connectivity index (χ1) is 10.9. The van der Waals surface area contributed by atoms with E-state index in [0.717, 1.165) is 5.56 Å². The van der Waals surface area contributed by atoms with Crippen LogP contribution in [0.3, 0.4) is 0 Å². The van der Waals surface area contributed by atoms with Crippen LogP contribution in [0.2, 0.25) is 0 Å². The lowest BCUT2D eigenvalue weighted by molar-refractivity contribution is -0.143. The van der Waals surface area contributed by atoms with Gasteiger partial charge < -0.3 is 15.4 Å². The lowest BCUT2D eigenvalue weighted by Crippen LogP contribution is -2.56. The summed E-state index contributed by atoms with van der Waals surface area (Å²) >= 11 is 0. The van der Waals surface area contributed by atoms with E-state index in [1.54, 1.807) is 12.1 Å². The van der Waals surface area contributed by atoms with Gasteiger partial charge in [0.15, 0.2) is 0 Å². The Bertz CT molecular complexity index is 789. The van der Waals surface area contributed by atoms with Gasteiger partial charge in [-0.05, 0) is 55.8 Å². The Morgan fingerprint density at radius 3 is 2.61 bits per heavy atom. The third kappa shape index (κ3) is 2.75. The fourth-order valence-electron chi connectivity index (χ4n) is 2.27. The van der Waals surface area contributed by atoms with Crippen molar-refractivity contribution in [2.75, 3.05) is 10.6 Å². The molecule has 5 nitrogen and oxygen atoms in total. The molecule has 0 fully saturated rings. The third-order valence-electron chi connectivity index (χ3n) is 3.67. The summed E-state index contributed by atoms with van der Waals surface area (Å²) in [6.45, 7) is 3.28. The number of carbonyl (C=O) groups excluding carboxylic acids is 2. The van der Waals surface area contributed by atoms with Gasteiger partial charge in [0.25, 0.3) is 17.4 Å². The first-order valence-corrected chi connectivity index (χ1v) is 7.06. The van der Waals surface area contributed by atoms with Crippen molar-refractivity contribution in [3.8, 4) is 5.75 Å². The molecule has 1 atom stereocenters. The topological polar surface area (TPSA) is 67.4 Å². The zero-order chi connectivity index (χ0) is 16.6. The molecule has 0 aromatic heterocycles. The molecule has 2 aromatic carbocycles. The van der Waals surface area contributed by atoms with Gasteiger partial charge in [-0.3, -0.25) is 9.59 Å². The lowest BCUT2D eigenvalue weighted by atomic mass is 10.0. The maximum Gasteiger partial charge on any atom is 0.278 e. The number of benzene rings is 2. The van der Waals surface area contributed by atoms with Crippen LogP contribution in [-0.4, -0.2) is 17.4 Å². The molecule has 0 spiro atoms. The Kier molecular flexibility index (Phi) is 3.52. The summed E-state index contributed by atoms with van der Waals surface area (Å²) < 4.78 is 18.6. The SMILES string of the molecule is Cc1ccc2c(c1)NC(=O)C(C)(C(=O)Nc1ccc(F)cc1)O2. The molecule has 1 unspecified atom stereocenters. The summed E-state index contributed by atoms with van der Waals surface area (Å²) in [7, 11) is 0. The van der Waals surface area contributed by atoms with Crippen LogP contribution in [0.5, 0.6) is 5.75 Å². The summed E-state index contributed by atoms with van der Waals surface area (Å²) in [5, 5.41) is 5.24. The second-order valence-corrected chi connectivity index (χ2v) is 5.55. The molecule has 0 saturated carbocycles. The molecule has 6 heteroatoms. The van der Waals surface area contributed by atoms with Gasteiger partial charge in [-0.15, -0.1) is 0 Å². The highest BCUT2D eigenvalue weighted by Gasteiger charge is 2.47. The van der Waals surface area contributed by atoms with E-state index in [2.05, 4.69) is 10.6 Å². The predicted molar refractivity (Wildman–Crippen MR) is 83.9 cm³/mol. The molecular weight excluding hydrogens is 299 g/mol. The minimum absolute atomic E-state index is 0.378. The zero-order valence-corrected chi connectivity index (χ0v) is 12.6. The monoisotopic (exact) mass is 314 g/mol. The standard InChI is InChI=1S/C17H15FN2O3/c1-10-3-8-14-13(9-10)20-16(22)17(2,23-14)15(21)19-12-6-4-11(18)5-7-12/h3-9H,1-2H3,(H,19,21)(H,20,22). The number of nitrogens with one attached hydrogen (secondary N) is 2. The van der Waals surface area contributed by atoms with E-state index in [0.29, 0.717) is 17.1 Å². The van der Waals surface area contributed by atoms with Crippen LogP contribution >= 0.6 is 0 Å². The number of carbonyl (C=O) groups is 2. The fraction of sp³-hybridized carbons (Fsp3) is 0.176. The molecule has 1 aliphatic rings. The van der Waals surface area contributed by atoms with Gasteiger partial charge in [0, 0.05) is 5.69 Å². The molecule has 1 heterocycles. The van der Waals surface area contributed by atoms with Crippen molar-refractivity contribution in [2.24, 2.45) is 0 Å². The number of amides is 2. The highest BCUT2D eigenvalue weighted by atomic mass is 19.1. The van der Waals surface area contributed by atoms with Gasteiger partial charge >= 0.3 is 0 Å². The summed E-state index contributed by atoms with van der Waals surface area (Å²) in [5.41, 5.74) is 0.161. The molecule has 3 rings (SSSR count). The van der Waals surface area contributed by atoms with Gasteiger partial charge in [0.2, 0.25) is 0 Å². The first kappa shape index (κ1) is 15.0. The van der Waals surface area contributed by atoms with Crippen LogP contribution in [0, 0.1) is 12.7 Å². The predicted octanol–water partition coefficient (Wildman–Crippen LogP) is 2.86. The minimum atomic E-state index is -1.71. The van der Waals surface area contributed by atoms with Gasteiger partial charge in [-0.2, -0.15) is 0 Å². The van der Waals surface area contributed by atoms with E-state index in [9.17, 15) is 14.0 Å². The zero-order valence-electron chi connectivity index (χ0n) is 12.6. The average molecular weight is 314 g/mol. The molecule has 118 valence electrons. The van der Waals surface area contributed by atoms with Crippen LogP contribution in [0.4, 0.5) is 15.8 Å². The van der Waals surface area contributed by atoms with Gasteiger partial charge in [-0.1, -0.05) is 6.07 Å². The molecule has 0 saturated heterocycles. The van der Waals surface area contributed by atoms with Crippen molar-refractivity contribution in [2.45, 2.75) is 19.4 Å². The summed E-state index contributed by atoms with van der Waals surface area (Å²) in [5.74, 6) is -1.18. The quantitative estimate of drug-likeness (QED) is 0.838. The molecule has 1 aliphatic heterocycles. The Morgan fingerprint density at radius 2 is 1.91 bits per heavy atom. The van der Waals surface area contributed by atoms with Gasteiger partial charge in [-0.25, -0.2) is 4.39 Å². The second-order valence-electron chi connectivity index (χ2n) is 5.55. The Labute approximate surface area is 132 Å². The maximum absolute atomic E-state index is 12.9. The van der Waals surface area contributed by atoms with Crippen LogP contribution in [0.25, 0.3) is 0 Å². The van der Waals surface area contributed by atoms with Crippen LogP contribution in [-0.2, 0) is 9.59 Å². The number of aryl methyl sites for hydroxylation is 1.